The summed E-state index contributed by atoms with van der Waals surface area (Å²) in [7, 11) is 0. The zero-order chi connectivity index (χ0) is 7.26. The summed E-state index contributed by atoms with van der Waals surface area (Å²) in [4.78, 5) is 0. The molecule has 62 valence electrons. The molecule has 0 N–H and O–H groups in total. The second kappa shape index (κ2) is 2.24. The SMILES string of the molecule is C1CC2CC3CCC(C3)C2C1. The van der Waals surface area contributed by atoms with Crippen molar-refractivity contribution in [3.05, 3.63) is 0 Å². The van der Waals surface area contributed by atoms with Crippen LogP contribution in [0.3, 0.4) is 0 Å². The summed E-state index contributed by atoms with van der Waals surface area (Å²) in [5.74, 6) is 4.72. The Hall–Kier alpha value is 0. The van der Waals surface area contributed by atoms with Crippen molar-refractivity contribution in [1.82, 2.24) is 0 Å². The summed E-state index contributed by atoms with van der Waals surface area (Å²) < 4.78 is 0. The molecule has 0 heteroatoms. The number of hydrogen-bond acceptors (Lipinski definition) is 0. The van der Waals surface area contributed by atoms with Gasteiger partial charge in [0.15, 0.2) is 0 Å². The summed E-state index contributed by atoms with van der Waals surface area (Å²) in [6, 6.07) is 0. The highest BCUT2D eigenvalue weighted by Crippen LogP contribution is 2.54. The Labute approximate surface area is 69.4 Å². The second-order valence-electron chi connectivity index (χ2n) is 5.03. The van der Waals surface area contributed by atoms with Gasteiger partial charge in [0.1, 0.15) is 0 Å². The highest BCUT2D eigenvalue weighted by atomic mass is 14.5. The third-order valence-electron chi connectivity index (χ3n) is 4.54. The summed E-state index contributed by atoms with van der Waals surface area (Å²) in [6.45, 7) is 0. The molecule has 11 heavy (non-hydrogen) atoms. The molecule has 0 saturated heterocycles. The Balaban J connectivity index is 1.85. The van der Waals surface area contributed by atoms with E-state index in [0.29, 0.717) is 0 Å². The smallest absolute Gasteiger partial charge is 0.0357 e. The van der Waals surface area contributed by atoms with E-state index >= 15 is 0 Å². The maximum atomic E-state index is 1.61. The van der Waals surface area contributed by atoms with Crippen LogP contribution in [-0.2, 0) is 0 Å². The van der Waals surface area contributed by atoms with Gasteiger partial charge in [-0.25, -0.2) is 0 Å². The van der Waals surface area contributed by atoms with E-state index in [1.54, 1.807) is 44.9 Å². The Kier molecular flexibility index (Phi) is 1.33. The van der Waals surface area contributed by atoms with Crippen molar-refractivity contribution in [2.45, 2.75) is 44.9 Å². The van der Waals surface area contributed by atoms with Crippen molar-refractivity contribution < 1.29 is 0 Å². The topological polar surface area (TPSA) is 0 Å². The third kappa shape index (κ3) is 0.878. The predicted octanol–water partition coefficient (Wildman–Crippen LogP) is 3.22. The zero-order valence-electron chi connectivity index (χ0n) is 7.26. The van der Waals surface area contributed by atoms with Gasteiger partial charge in [-0.1, -0.05) is 19.3 Å². The van der Waals surface area contributed by atoms with Crippen LogP contribution >= 0.6 is 0 Å². The van der Waals surface area contributed by atoms with E-state index < -0.39 is 0 Å². The van der Waals surface area contributed by atoms with Crippen molar-refractivity contribution in [2.75, 3.05) is 0 Å². The highest BCUT2D eigenvalue weighted by molar-refractivity contribution is 4.93. The fourth-order valence-corrected chi connectivity index (χ4v) is 4.12. The van der Waals surface area contributed by atoms with Gasteiger partial charge in [0, 0.05) is 0 Å². The lowest BCUT2D eigenvalue weighted by atomic mass is 9.74. The monoisotopic (exact) mass is 150 g/mol. The van der Waals surface area contributed by atoms with E-state index in [1.165, 1.54) is 23.7 Å². The van der Waals surface area contributed by atoms with Gasteiger partial charge in [-0.05, 0) is 49.4 Å². The van der Waals surface area contributed by atoms with Crippen LogP contribution in [0.1, 0.15) is 44.9 Å². The van der Waals surface area contributed by atoms with Gasteiger partial charge in [-0.3, -0.25) is 0 Å². The molecule has 4 unspecified atom stereocenters. The van der Waals surface area contributed by atoms with E-state index in [9.17, 15) is 0 Å². The lowest BCUT2D eigenvalue weighted by molar-refractivity contribution is 0.186. The maximum absolute atomic E-state index is 1.61. The minimum atomic E-state index is 1.17. The summed E-state index contributed by atoms with van der Waals surface area (Å²) in [5.41, 5.74) is 0. The molecule has 0 nitrogen and oxygen atoms in total. The van der Waals surface area contributed by atoms with E-state index in [1.807, 2.05) is 0 Å². The standard InChI is InChI=1S/C11H18/c1-2-9-6-8-4-5-10(7-8)11(9)3-1/h8-11H,1-7H2. The molecule has 0 aromatic heterocycles. The minimum Gasteiger partial charge on any atom is -0.0527 e. The molecule has 0 aromatic rings. The zero-order valence-corrected chi connectivity index (χ0v) is 7.26. The van der Waals surface area contributed by atoms with E-state index in [2.05, 4.69) is 0 Å². The van der Waals surface area contributed by atoms with Crippen LogP contribution in [0, 0.1) is 23.7 Å². The summed E-state index contributed by atoms with van der Waals surface area (Å²) in [6.07, 6.45) is 11.1. The van der Waals surface area contributed by atoms with Gasteiger partial charge in [-0.2, -0.15) is 0 Å². The van der Waals surface area contributed by atoms with Crippen LogP contribution in [0.2, 0.25) is 0 Å². The van der Waals surface area contributed by atoms with Crippen molar-refractivity contribution in [3.8, 4) is 0 Å². The number of hydrogen-bond donors (Lipinski definition) is 0. The fourth-order valence-electron chi connectivity index (χ4n) is 4.12. The van der Waals surface area contributed by atoms with Gasteiger partial charge in [0.05, 0.1) is 0 Å². The van der Waals surface area contributed by atoms with Crippen LogP contribution in [0.5, 0.6) is 0 Å². The molecule has 3 fully saturated rings. The van der Waals surface area contributed by atoms with Gasteiger partial charge in [0.2, 0.25) is 0 Å². The normalized spacial score (nSPS) is 54.5. The molecular weight excluding hydrogens is 132 g/mol. The molecule has 3 aliphatic rings. The lowest BCUT2D eigenvalue weighted by Crippen LogP contribution is -2.22. The highest BCUT2D eigenvalue weighted by Gasteiger charge is 2.43. The Morgan fingerprint density at radius 3 is 2.45 bits per heavy atom. The molecule has 0 spiro atoms. The molecular formula is C11H18. The van der Waals surface area contributed by atoms with Gasteiger partial charge in [-0.15, -0.1) is 0 Å². The summed E-state index contributed by atoms with van der Waals surface area (Å²) >= 11 is 0. The summed E-state index contributed by atoms with van der Waals surface area (Å²) in [5, 5.41) is 0. The number of fused-ring (bicyclic) bond motifs is 4. The molecule has 4 atom stereocenters. The van der Waals surface area contributed by atoms with Gasteiger partial charge in [0.25, 0.3) is 0 Å². The van der Waals surface area contributed by atoms with Crippen LogP contribution < -0.4 is 0 Å². The van der Waals surface area contributed by atoms with E-state index in [0.717, 1.165) is 0 Å². The van der Waals surface area contributed by atoms with Crippen LogP contribution in [0.4, 0.5) is 0 Å². The molecule has 3 rings (SSSR count). The van der Waals surface area contributed by atoms with Crippen molar-refractivity contribution in [3.63, 3.8) is 0 Å². The number of rotatable bonds is 0. The third-order valence-corrected chi connectivity index (χ3v) is 4.54. The first-order chi connectivity index (χ1) is 5.43. The average molecular weight is 150 g/mol. The van der Waals surface area contributed by atoms with Crippen LogP contribution in [-0.4, -0.2) is 0 Å². The Bertz CT molecular complexity index is 159. The molecule has 2 bridgehead atoms. The minimum absolute atomic E-state index is 1.17. The van der Waals surface area contributed by atoms with E-state index in [-0.39, 0.29) is 0 Å². The molecule has 3 saturated carbocycles. The molecule has 0 heterocycles. The van der Waals surface area contributed by atoms with Crippen LogP contribution in [0.15, 0.2) is 0 Å². The largest absolute Gasteiger partial charge is 0.0527 e. The molecule has 3 aliphatic carbocycles. The van der Waals surface area contributed by atoms with Crippen molar-refractivity contribution in [1.29, 1.82) is 0 Å². The maximum Gasteiger partial charge on any atom is -0.0357 e. The second-order valence-corrected chi connectivity index (χ2v) is 5.03. The van der Waals surface area contributed by atoms with Crippen molar-refractivity contribution >= 4 is 0 Å². The van der Waals surface area contributed by atoms with Crippen LogP contribution in [0.25, 0.3) is 0 Å². The fraction of sp³-hybridized carbons (Fsp3) is 1.00. The van der Waals surface area contributed by atoms with Crippen molar-refractivity contribution in [2.24, 2.45) is 23.7 Å². The first-order valence-electron chi connectivity index (χ1n) is 5.43. The molecule has 0 radical (unpaired) electrons. The average Bonchev–Trinajstić information content (AvgIpc) is 2.58. The Morgan fingerprint density at radius 2 is 1.55 bits per heavy atom. The first-order valence-corrected chi connectivity index (χ1v) is 5.43. The molecule has 0 amide bonds. The molecule has 0 aromatic carbocycles. The molecule has 0 aliphatic heterocycles. The lowest BCUT2D eigenvalue weighted by Gasteiger charge is -2.31. The predicted molar refractivity (Wildman–Crippen MR) is 46.3 cm³/mol. The van der Waals surface area contributed by atoms with Gasteiger partial charge >= 0.3 is 0 Å². The first kappa shape index (κ1) is 6.51. The van der Waals surface area contributed by atoms with E-state index in [4.69, 9.17) is 0 Å². The Morgan fingerprint density at radius 1 is 0.727 bits per heavy atom. The van der Waals surface area contributed by atoms with Gasteiger partial charge < -0.3 is 0 Å². The quantitative estimate of drug-likeness (QED) is 0.497.